The van der Waals surface area contributed by atoms with Gasteiger partial charge in [-0.15, -0.1) is 0 Å². The number of rotatable bonds is 5. The Morgan fingerprint density at radius 1 is 1.15 bits per heavy atom. The smallest absolute Gasteiger partial charge is 0.0234 e. The van der Waals surface area contributed by atoms with Crippen LogP contribution in [-0.4, -0.2) is 30.6 Å². The van der Waals surface area contributed by atoms with E-state index >= 15 is 0 Å². The molecule has 1 aliphatic heterocycles. The van der Waals surface area contributed by atoms with Gasteiger partial charge in [0.1, 0.15) is 0 Å². The molecule has 0 amide bonds. The van der Waals surface area contributed by atoms with E-state index < -0.39 is 0 Å². The maximum atomic E-state index is 3.76. The molecular weight excluding hydrogens is 244 g/mol. The quantitative estimate of drug-likeness (QED) is 0.825. The minimum Gasteiger partial charge on any atom is -0.309 e. The zero-order valence-electron chi connectivity index (χ0n) is 12.4. The molecule has 0 spiro atoms. The van der Waals surface area contributed by atoms with Gasteiger partial charge >= 0.3 is 0 Å². The second-order valence-corrected chi connectivity index (χ2v) is 6.20. The summed E-state index contributed by atoms with van der Waals surface area (Å²) in [6, 6.07) is 11.5. The summed E-state index contributed by atoms with van der Waals surface area (Å²) in [7, 11) is 0. The molecule has 0 unspecified atom stereocenters. The van der Waals surface area contributed by atoms with Crippen LogP contribution in [0.2, 0.25) is 0 Å². The van der Waals surface area contributed by atoms with Crippen LogP contribution in [0.15, 0.2) is 42.0 Å². The Bertz CT molecular complexity index is 438. The first kappa shape index (κ1) is 13.8. The maximum absolute atomic E-state index is 3.76. The summed E-state index contributed by atoms with van der Waals surface area (Å²) in [5, 5.41) is 3.76. The second kappa shape index (κ2) is 7.05. The number of hydrogen-bond acceptors (Lipinski definition) is 2. The maximum Gasteiger partial charge on any atom is 0.0234 e. The van der Waals surface area contributed by atoms with Gasteiger partial charge in [-0.25, -0.2) is 0 Å². The topological polar surface area (TPSA) is 15.3 Å². The average molecular weight is 270 g/mol. The summed E-state index contributed by atoms with van der Waals surface area (Å²) in [6.07, 6.45) is 9.12. The fraction of sp³-hybridized carbons (Fsp3) is 0.556. The molecule has 1 aliphatic carbocycles. The average Bonchev–Trinajstić information content (AvgIpc) is 2.95. The van der Waals surface area contributed by atoms with E-state index in [0.29, 0.717) is 6.04 Å². The minimum atomic E-state index is 0.682. The Kier molecular flexibility index (Phi) is 4.88. The predicted octanol–water partition coefficient (Wildman–Crippen LogP) is 3.35. The van der Waals surface area contributed by atoms with E-state index in [0.717, 1.165) is 13.1 Å². The highest BCUT2D eigenvalue weighted by atomic mass is 15.2. The summed E-state index contributed by atoms with van der Waals surface area (Å²) >= 11 is 0. The van der Waals surface area contributed by atoms with E-state index in [9.17, 15) is 0 Å². The molecule has 1 aromatic carbocycles. The molecule has 1 saturated heterocycles. The van der Waals surface area contributed by atoms with Crippen molar-refractivity contribution in [3.63, 3.8) is 0 Å². The Morgan fingerprint density at radius 3 is 2.85 bits per heavy atom. The Hall–Kier alpha value is -1.12. The normalized spacial score (nSPS) is 23.8. The van der Waals surface area contributed by atoms with E-state index in [1.165, 1.54) is 50.8 Å². The number of allylic oxidation sites excluding steroid dienone is 1. The molecule has 2 nitrogen and oxygen atoms in total. The molecule has 0 bridgehead atoms. The number of nitrogens with one attached hydrogen (secondary N) is 1. The third-order valence-corrected chi connectivity index (χ3v) is 4.52. The SMILES string of the molecule is C1=C(CN[C@@H]2CCN(Cc3ccccc3)C2)CCCC1. The standard InChI is InChI=1S/C18H26N2/c1-3-7-16(8-4-1)13-19-18-11-12-20(15-18)14-17-9-5-2-6-10-17/h2,5-7,9-10,18-19H,1,3-4,8,11-15H2/t18-/m1/s1. The Labute approximate surface area is 122 Å². The highest BCUT2D eigenvalue weighted by molar-refractivity contribution is 5.14. The van der Waals surface area contributed by atoms with Crippen molar-refractivity contribution in [2.24, 2.45) is 0 Å². The molecule has 108 valence electrons. The first-order valence-corrected chi connectivity index (χ1v) is 8.08. The molecule has 0 saturated carbocycles. The van der Waals surface area contributed by atoms with Crippen molar-refractivity contribution in [2.45, 2.75) is 44.7 Å². The number of nitrogens with zero attached hydrogens (tertiary/aromatic N) is 1. The zero-order valence-corrected chi connectivity index (χ0v) is 12.4. The van der Waals surface area contributed by atoms with Gasteiger partial charge in [0.25, 0.3) is 0 Å². The van der Waals surface area contributed by atoms with Gasteiger partial charge in [-0.3, -0.25) is 4.90 Å². The molecule has 2 heteroatoms. The van der Waals surface area contributed by atoms with Gasteiger partial charge in [0.2, 0.25) is 0 Å². The first-order chi connectivity index (χ1) is 9.90. The monoisotopic (exact) mass is 270 g/mol. The summed E-state index contributed by atoms with van der Waals surface area (Å²) in [6.45, 7) is 4.64. The predicted molar refractivity (Wildman–Crippen MR) is 84.7 cm³/mol. The van der Waals surface area contributed by atoms with Crippen LogP contribution < -0.4 is 5.32 Å². The van der Waals surface area contributed by atoms with Crippen LogP contribution in [0.3, 0.4) is 0 Å². The van der Waals surface area contributed by atoms with Crippen molar-refractivity contribution in [3.8, 4) is 0 Å². The molecule has 1 N–H and O–H groups in total. The molecule has 0 radical (unpaired) electrons. The number of hydrogen-bond donors (Lipinski definition) is 1. The van der Waals surface area contributed by atoms with E-state index in [4.69, 9.17) is 0 Å². The van der Waals surface area contributed by atoms with Gasteiger partial charge in [0, 0.05) is 32.2 Å². The van der Waals surface area contributed by atoms with E-state index in [-0.39, 0.29) is 0 Å². The third-order valence-electron chi connectivity index (χ3n) is 4.52. The van der Waals surface area contributed by atoms with Crippen molar-refractivity contribution in [2.75, 3.05) is 19.6 Å². The summed E-state index contributed by atoms with van der Waals surface area (Å²) in [5.74, 6) is 0. The van der Waals surface area contributed by atoms with Crippen molar-refractivity contribution in [1.29, 1.82) is 0 Å². The minimum absolute atomic E-state index is 0.682. The van der Waals surface area contributed by atoms with Crippen LogP contribution in [0, 0.1) is 0 Å². The van der Waals surface area contributed by atoms with Gasteiger partial charge in [-0.1, -0.05) is 42.0 Å². The van der Waals surface area contributed by atoms with Crippen LogP contribution in [-0.2, 0) is 6.54 Å². The van der Waals surface area contributed by atoms with E-state index in [1.54, 1.807) is 5.57 Å². The van der Waals surface area contributed by atoms with Crippen molar-refractivity contribution in [3.05, 3.63) is 47.5 Å². The van der Waals surface area contributed by atoms with Crippen molar-refractivity contribution in [1.82, 2.24) is 10.2 Å². The fourth-order valence-electron chi connectivity index (χ4n) is 3.33. The molecule has 3 rings (SSSR count). The molecule has 1 heterocycles. The molecule has 1 atom stereocenters. The molecule has 2 aliphatic rings. The highest BCUT2D eigenvalue weighted by Crippen LogP contribution is 2.18. The summed E-state index contributed by atoms with van der Waals surface area (Å²) in [5.41, 5.74) is 3.07. The molecule has 20 heavy (non-hydrogen) atoms. The first-order valence-electron chi connectivity index (χ1n) is 8.08. The van der Waals surface area contributed by atoms with Gasteiger partial charge in [0.15, 0.2) is 0 Å². The van der Waals surface area contributed by atoms with Crippen LogP contribution >= 0.6 is 0 Å². The van der Waals surface area contributed by atoms with E-state index in [1.807, 2.05) is 0 Å². The molecule has 1 aromatic rings. The molecular formula is C18H26N2. The lowest BCUT2D eigenvalue weighted by Gasteiger charge is -2.18. The van der Waals surface area contributed by atoms with Crippen LogP contribution in [0.25, 0.3) is 0 Å². The summed E-state index contributed by atoms with van der Waals surface area (Å²) in [4.78, 5) is 2.57. The van der Waals surface area contributed by atoms with Crippen LogP contribution in [0.5, 0.6) is 0 Å². The van der Waals surface area contributed by atoms with Gasteiger partial charge in [-0.05, 0) is 37.7 Å². The van der Waals surface area contributed by atoms with Crippen LogP contribution in [0.4, 0.5) is 0 Å². The highest BCUT2D eigenvalue weighted by Gasteiger charge is 2.22. The molecule has 1 fully saturated rings. The zero-order chi connectivity index (χ0) is 13.6. The molecule has 0 aromatic heterocycles. The van der Waals surface area contributed by atoms with Gasteiger partial charge in [-0.2, -0.15) is 0 Å². The Balaban J connectivity index is 1.42. The van der Waals surface area contributed by atoms with E-state index in [2.05, 4.69) is 46.6 Å². The Morgan fingerprint density at radius 2 is 2.05 bits per heavy atom. The largest absolute Gasteiger partial charge is 0.309 e. The number of benzene rings is 1. The fourth-order valence-corrected chi connectivity index (χ4v) is 3.33. The number of likely N-dealkylation sites (tertiary alicyclic amines) is 1. The van der Waals surface area contributed by atoms with Gasteiger partial charge in [0.05, 0.1) is 0 Å². The lowest BCUT2D eigenvalue weighted by molar-refractivity contribution is 0.321. The van der Waals surface area contributed by atoms with Crippen molar-refractivity contribution >= 4 is 0 Å². The van der Waals surface area contributed by atoms with Gasteiger partial charge < -0.3 is 5.32 Å². The lowest BCUT2D eigenvalue weighted by Crippen LogP contribution is -2.33. The van der Waals surface area contributed by atoms with Crippen molar-refractivity contribution < 1.29 is 0 Å². The second-order valence-electron chi connectivity index (χ2n) is 6.20. The third kappa shape index (κ3) is 3.94. The summed E-state index contributed by atoms with van der Waals surface area (Å²) < 4.78 is 0. The lowest BCUT2D eigenvalue weighted by atomic mass is 9.99. The van der Waals surface area contributed by atoms with Crippen LogP contribution in [0.1, 0.15) is 37.7 Å².